The minimum Gasteiger partial charge on any atom is -0.312 e. The van der Waals surface area contributed by atoms with E-state index in [1.54, 1.807) is 12.1 Å². The van der Waals surface area contributed by atoms with Crippen LogP contribution >= 0.6 is 0 Å². The third-order valence-electron chi connectivity index (χ3n) is 5.28. The van der Waals surface area contributed by atoms with E-state index in [1.165, 1.54) is 0 Å². The number of alkyl halides is 3. The van der Waals surface area contributed by atoms with Crippen LogP contribution in [0.5, 0.6) is 0 Å². The van der Waals surface area contributed by atoms with Gasteiger partial charge in [-0.25, -0.2) is 0 Å². The molecule has 20 heavy (non-hydrogen) atoms. The van der Waals surface area contributed by atoms with Gasteiger partial charge in [-0.3, -0.25) is 0 Å². The zero-order valence-electron chi connectivity index (χ0n) is 12.4. The summed E-state index contributed by atoms with van der Waals surface area (Å²) >= 11 is 0. The average Bonchev–Trinajstić information content (AvgIpc) is 2.71. The van der Waals surface area contributed by atoms with Crippen LogP contribution in [-0.4, -0.2) is 6.54 Å². The summed E-state index contributed by atoms with van der Waals surface area (Å²) in [5, 5.41) is 3.35. The molecule has 1 saturated carbocycles. The molecule has 1 N–H and O–H groups in total. The molecule has 0 saturated heterocycles. The lowest BCUT2D eigenvalue weighted by Crippen LogP contribution is -2.19. The molecule has 4 heteroatoms. The summed E-state index contributed by atoms with van der Waals surface area (Å²) in [5.41, 5.74) is 0.959. The zero-order chi connectivity index (χ0) is 15.2. The van der Waals surface area contributed by atoms with Gasteiger partial charge in [0.1, 0.15) is 0 Å². The third-order valence-corrected chi connectivity index (χ3v) is 5.28. The lowest BCUT2D eigenvalue weighted by atomic mass is 10.0. The molecule has 0 heterocycles. The molecule has 1 aromatic carbocycles. The SMILES string of the molecule is CC1(C)C(CNCc2ccc(C(F)(F)F)cc2)C1(C)C. The predicted molar refractivity (Wildman–Crippen MR) is 74.2 cm³/mol. The lowest BCUT2D eigenvalue weighted by molar-refractivity contribution is -0.137. The molecule has 0 radical (unpaired) electrons. The summed E-state index contributed by atoms with van der Waals surface area (Å²) in [6.07, 6.45) is -4.26. The standard InChI is InChI=1S/C16H22F3N/c1-14(2)13(15(14,3)4)10-20-9-11-5-7-12(8-6-11)16(17,18)19/h5-8,13,20H,9-10H2,1-4H3. The fourth-order valence-electron chi connectivity index (χ4n) is 3.02. The summed E-state index contributed by atoms with van der Waals surface area (Å²) in [5.74, 6) is 0.615. The topological polar surface area (TPSA) is 12.0 Å². The Balaban J connectivity index is 1.84. The highest BCUT2D eigenvalue weighted by atomic mass is 19.4. The number of halogens is 3. The Kier molecular flexibility index (Phi) is 3.66. The molecule has 0 spiro atoms. The molecule has 0 unspecified atom stereocenters. The first-order valence-corrected chi connectivity index (χ1v) is 6.93. The minimum atomic E-state index is -4.26. The van der Waals surface area contributed by atoms with Crippen LogP contribution in [0.1, 0.15) is 38.8 Å². The van der Waals surface area contributed by atoms with Gasteiger partial charge < -0.3 is 5.32 Å². The normalized spacial score (nSPS) is 20.9. The van der Waals surface area contributed by atoms with Crippen molar-refractivity contribution in [2.24, 2.45) is 16.7 Å². The van der Waals surface area contributed by atoms with Gasteiger partial charge in [0.15, 0.2) is 0 Å². The molecular weight excluding hydrogens is 263 g/mol. The van der Waals surface area contributed by atoms with E-state index in [0.717, 1.165) is 24.2 Å². The first kappa shape index (κ1) is 15.4. The molecular formula is C16H22F3N. The summed E-state index contributed by atoms with van der Waals surface area (Å²) < 4.78 is 37.3. The largest absolute Gasteiger partial charge is 0.416 e. The van der Waals surface area contributed by atoms with Crippen LogP contribution < -0.4 is 5.32 Å². The van der Waals surface area contributed by atoms with Crippen LogP contribution in [0, 0.1) is 16.7 Å². The van der Waals surface area contributed by atoms with Crippen molar-refractivity contribution in [1.29, 1.82) is 0 Å². The molecule has 0 aliphatic heterocycles. The smallest absolute Gasteiger partial charge is 0.312 e. The van der Waals surface area contributed by atoms with Crippen molar-refractivity contribution in [3.63, 3.8) is 0 Å². The van der Waals surface area contributed by atoms with Crippen LogP contribution in [0.15, 0.2) is 24.3 Å². The Labute approximate surface area is 118 Å². The Hall–Kier alpha value is -1.03. The molecule has 112 valence electrons. The molecule has 0 amide bonds. The van der Waals surface area contributed by atoms with E-state index in [-0.39, 0.29) is 0 Å². The quantitative estimate of drug-likeness (QED) is 0.860. The van der Waals surface area contributed by atoms with Crippen LogP contribution in [0.2, 0.25) is 0 Å². The number of hydrogen-bond acceptors (Lipinski definition) is 1. The molecule has 2 rings (SSSR count). The summed E-state index contributed by atoms with van der Waals surface area (Å²) in [7, 11) is 0. The van der Waals surface area contributed by atoms with Gasteiger partial charge in [-0.2, -0.15) is 13.2 Å². The van der Waals surface area contributed by atoms with E-state index in [9.17, 15) is 13.2 Å². The van der Waals surface area contributed by atoms with Crippen LogP contribution in [0.4, 0.5) is 13.2 Å². The first-order valence-electron chi connectivity index (χ1n) is 6.93. The van der Waals surface area contributed by atoms with Gasteiger partial charge in [0.05, 0.1) is 5.56 Å². The van der Waals surface area contributed by atoms with E-state index < -0.39 is 11.7 Å². The third kappa shape index (κ3) is 2.71. The Morgan fingerprint density at radius 3 is 1.90 bits per heavy atom. The van der Waals surface area contributed by atoms with Gasteiger partial charge in [-0.1, -0.05) is 39.8 Å². The molecule has 1 nitrogen and oxygen atoms in total. The first-order chi connectivity index (χ1) is 9.07. The zero-order valence-corrected chi connectivity index (χ0v) is 12.4. The monoisotopic (exact) mass is 285 g/mol. The summed E-state index contributed by atoms with van der Waals surface area (Å²) in [6.45, 7) is 10.6. The second kappa shape index (κ2) is 4.76. The second-order valence-electron chi connectivity index (χ2n) is 6.82. The van der Waals surface area contributed by atoms with Crippen LogP contribution in [0.25, 0.3) is 0 Å². The minimum absolute atomic E-state index is 0.333. The number of rotatable bonds is 4. The Morgan fingerprint density at radius 1 is 1.00 bits per heavy atom. The van der Waals surface area contributed by atoms with Gasteiger partial charge in [-0.05, 0) is 41.0 Å². The summed E-state index contributed by atoms with van der Waals surface area (Å²) in [6, 6.07) is 5.36. The van der Waals surface area contributed by atoms with Crippen LogP contribution in [-0.2, 0) is 12.7 Å². The Morgan fingerprint density at radius 2 is 1.50 bits per heavy atom. The Bertz CT molecular complexity index is 457. The van der Waals surface area contributed by atoms with Crippen molar-refractivity contribution in [3.8, 4) is 0 Å². The maximum atomic E-state index is 12.4. The van der Waals surface area contributed by atoms with Crippen molar-refractivity contribution < 1.29 is 13.2 Å². The molecule has 0 bridgehead atoms. The van der Waals surface area contributed by atoms with Crippen molar-refractivity contribution >= 4 is 0 Å². The molecule has 0 aromatic heterocycles. The molecule has 1 aliphatic rings. The van der Waals surface area contributed by atoms with Gasteiger partial charge in [0, 0.05) is 6.54 Å². The number of nitrogens with one attached hydrogen (secondary N) is 1. The number of benzene rings is 1. The van der Waals surface area contributed by atoms with Crippen molar-refractivity contribution in [3.05, 3.63) is 35.4 Å². The van der Waals surface area contributed by atoms with Gasteiger partial charge in [0.2, 0.25) is 0 Å². The van der Waals surface area contributed by atoms with Crippen molar-refractivity contribution in [2.45, 2.75) is 40.4 Å². The van der Waals surface area contributed by atoms with Crippen molar-refractivity contribution in [2.75, 3.05) is 6.54 Å². The highest BCUT2D eigenvalue weighted by molar-refractivity contribution is 5.24. The highest BCUT2D eigenvalue weighted by Crippen LogP contribution is 2.67. The molecule has 1 fully saturated rings. The van der Waals surface area contributed by atoms with E-state index in [1.807, 2.05) is 0 Å². The van der Waals surface area contributed by atoms with E-state index in [4.69, 9.17) is 0 Å². The second-order valence-corrected chi connectivity index (χ2v) is 6.82. The van der Waals surface area contributed by atoms with E-state index in [0.29, 0.717) is 23.3 Å². The average molecular weight is 285 g/mol. The number of hydrogen-bond donors (Lipinski definition) is 1. The molecule has 1 aromatic rings. The predicted octanol–water partition coefficient (Wildman–Crippen LogP) is 4.48. The van der Waals surface area contributed by atoms with Gasteiger partial charge in [-0.15, -0.1) is 0 Å². The van der Waals surface area contributed by atoms with Crippen molar-refractivity contribution in [1.82, 2.24) is 5.32 Å². The fraction of sp³-hybridized carbons (Fsp3) is 0.625. The fourth-order valence-corrected chi connectivity index (χ4v) is 3.02. The molecule has 0 atom stereocenters. The van der Waals surface area contributed by atoms with E-state index >= 15 is 0 Å². The highest BCUT2D eigenvalue weighted by Gasteiger charge is 2.63. The van der Waals surface area contributed by atoms with Gasteiger partial charge >= 0.3 is 6.18 Å². The lowest BCUT2D eigenvalue weighted by Gasteiger charge is -2.09. The van der Waals surface area contributed by atoms with Crippen LogP contribution in [0.3, 0.4) is 0 Å². The maximum Gasteiger partial charge on any atom is 0.416 e. The summed E-state index contributed by atoms with van der Waals surface area (Å²) in [4.78, 5) is 0. The van der Waals surface area contributed by atoms with Gasteiger partial charge in [0.25, 0.3) is 0 Å². The molecule has 1 aliphatic carbocycles. The van der Waals surface area contributed by atoms with E-state index in [2.05, 4.69) is 33.0 Å². The maximum absolute atomic E-state index is 12.4.